The molecule has 138 valence electrons. The van der Waals surface area contributed by atoms with Gasteiger partial charge in [0, 0.05) is 30.9 Å². The summed E-state index contributed by atoms with van der Waals surface area (Å²) in [5.41, 5.74) is 4.98. The molecule has 5 nitrogen and oxygen atoms in total. The Morgan fingerprint density at radius 3 is 2.73 bits per heavy atom. The molecule has 0 bridgehead atoms. The van der Waals surface area contributed by atoms with E-state index in [2.05, 4.69) is 27.4 Å². The van der Waals surface area contributed by atoms with Gasteiger partial charge in [0.15, 0.2) is 0 Å². The van der Waals surface area contributed by atoms with Crippen LogP contribution in [0.5, 0.6) is 0 Å². The second kappa shape index (κ2) is 7.60. The number of fused-ring (bicyclic) bond motifs is 1. The maximum absolute atomic E-state index is 12.4. The van der Waals surface area contributed by atoms with Crippen LogP contribution in [0.2, 0.25) is 0 Å². The predicted molar refractivity (Wildman–Crippen MR) is 106 cm³/mol. The Morgan fingerprint density at radius 1 is 1.15 bits per heavy atom. The molecule has 0 aliphatic rings. The van der Waals surface area contributed by atoms with Gasteiger partial charge in [-0.25, -0.2) is 18.1 Å². The number of sulfonamides is 1. The van der Waals surface area contributed by atoms with Gasteiger partial charge in [0.05, 0.1) is 5.75 Å². The van der Waals surface area contributed by atoms with Gasteiger partial charge in [-0.15, -0.1) is 0 Å². The van der Waals surface area contributed by atoms with Crippen LogP contribution in [-0.4, -0.2) is 24.5 Å². The number of nitrogens with zero attached hydrogens (tertiary/aromatic N) is 2. The lowest BCUT2D eigenvalue weighted by Gasteiger charge is -2.09. The molecule has 1 N–H and O–H groups in total. The SMILES string of the molecule is CCn1cc(CCNS(=O)(=O)Cc2cc(C)ccc2C)c2cccnc21. The summed E-state index contributed by atoms with van der Waals surface area (Å²) < 4.78 is 29.7. The fourth-order valence-electron chi connectivity index (χ4n) is 3.19. The normalized spacial score (nSPS) is 12.0. The number of hydrogen-bond acceptors (Lipinski definition) is 3. The summed E-state index contributed by atoms with van der Waals surface area (Å²) in [6, 6.07) is 9.85. The van der Waals surface area contributed by atoms with E-state index in [9.17, 15) is 8.42 Å². The molecule has 0 amide bonds. The van der Waals surface area contributed by atoms with Crippen LogP contribution in [0, 0.1) is 13.8 Å². The highest BCUT2D eigenvalue weighted by atomic mass is 32.2. The van der Waals surface area contributed by atoms with Crippen molar-refractivity contribution in [3.05, 3.63) is 65.0 Å². The Morgan fingerprint density at radius 2 is 1.96 bits per heavy atom. The molecule has 0 spiro atoms. The third kappa shape index (κ3) is 4.14. The molecule has 0 atom stereocenters. The monoisotopic (exact) mass is 371 g/mol. The van der Waals surface area contributed by atoms with Crippen LogP contribution in [-0.2, 0) is 28.7 Å². The second-order valence-corrected chi connectivity index (χ2v) is 8.46. The third-order valence-electron chi connectivity index (χ3n) is 4.62. The molecule has 3 rings (SSSR count). The van der Waals surface area contributed by atoms with E-state index in [1.54, 1.807) is 6.20 Å². The van der Waals surface area contributed by atoms with E-state index in [4.69, 9.17) is 0 Å². The average Bonchev–Trinajstić information content (AvgIpc) is 2.96. The van der Waals surface area contributed by atoms with Crippen molar-refractivity contribution in [2.24, 2.45) is 0 Å². The van der Waals surface area contributed by atoms with Gasteiger partial charge in [0.1, 0.15) is 5.65 Å². The third-order valence-corrected chi connectivity index (χ3v) is 5.96. The van der Waals surface area contributed by atoms with E-state index in [0.29, 0.717) is 13.0 Å². The molecule has 2 heterocycles. The Labute approximate surface area is 155 Å². The molecule has 3 aromatic rings. The van der Waals surface area contributed by atoms with E-state index in [1.807, 2.05) is 44.2 Å². The highest BCUT2D eigenvalue weighted by Crippen LogP contribution is 2.20. The molecule has 0 saturated heterocycles. The van der Waals surface area contributed by atoms with E-state index in [-0.39, 0.29) is 5.75 Å². The average molecular weight is 372 g/mol. The van der Waals surface area contributed by atoms with Crippen molar-refractivity contribution in [1.29, 1.82) is 0 Å². The number of aromatic nitrogens is 2. The first kappa shape index (κ1) is 18.6. The summed E-state index contributed by atoms with van der Waals surface area (Å²) in [6.07, 6.45) is 4.49. The molecule has 26 heavy (non-hydrogen) atoms. The quantitative estimate of drug-likeness (QED) is 0.693. The molecule has 0 saturated carbocycles. The fraction of sp³-hybridized carbons (Fsp3) is 0.350. The summed E-state index contributed by atoms with van der Waals surface area (Å²) in [5, 5.41) is 1.09. The van der Waals surface area contributed by atoms with Crippen molar-refractivity contribution in [2.75, 3.05) is 6.54 Å². The molecule has 6 heteroatoms. The highest BCUT2D eigenvalue weighted by Gasteiger charge is 2.14. The highest BCUT2D eigenvalue weighted by molar-refractivity contribution is 7.88. The van der Waals surface area contributed by atoms with Gasteiger partial charge in [0.2, 0.25) is 10.0 Å². The molecule has 0 fully saturated rings. The van der Waals surface area contributed by atoms with Gasteiger partial charge in [-0.2, -0.15) is 0 Å². The number of nitrogens with one attached hydrogen (secondary N) is 1. The van der Waals surface area contributed by atoms with Crippen LogP contribution in [0.3, 0.4) is 0 Å². The molecule has 0 aliphatic carbocycles. The van der Waals surface area contributed by atoms with Crippen LogP contribution in [0.4, 0.5) is 0 Å². The lowest BCUT2D eigenvalue weighted by atomic mass is 10.1. The lowest BCUT2D eigenvalue weighted by Crippen LogP contribution is -2.27. The first-order valence-electron chi connectivity index (χ1n) is 8.86. The van der Waals surface area contributed by atoms with Crippen molar-refractivity contribution >= 4 is 21.1 Å². The second-order valence-electron chi connectivity index (χ2n) is 6.65. The number of aryl methyl sites for hydroxylation is 3. The summed E-state index contributed by atoms with van der Waals surface area (Å²) >= 11 is 0. The maximum atomic E-state index is 12.4. The molecular formula is C20H25N3O2S. The Hall–Kier alpha value is -2.18. The van der Waals surface area contributed by atoms with Gasteiger partial charge < -0.3 is 4.57 Å². The minimum atomic E-state index is -3.37. The minimum absolute atomic E-state index is 0.0127. The zero-order valence-electron chi connectivity index (χ0n) is 15.5. The van der Waals surface area contributed by atoms with Gasteiger partial charge in [-0.05, 0) is 56.0 Å². The summed E-state index contributed by atoms with van der Waals surface area (Å²) in [4.78, 5) is 4.43. The van der Waals surface area contributed by atoms with E-state index in [1.165, 1.54) is 0 Å². The Balaban J connectivity index is 1.68. The van der Waals surface area contributed by atoms with E-state index < -0.39 is 10.0 Å². The fourth-order valence-corrected chi connectivity index (χ4v) is 4.42. The van der Waals surface area contributed by atoms with E-state index >= 15 is 0 Å². The standard InChI is InChI=1S/C20H25N3O2S/c1-4-23-13-17(19-6-5-10-21-20(19)23)9-11-22-26(24,25)14-18-12-15(2)7-8-16(18)3/h5-8,10,12-13,22H,4,9,11,14H2,1-3H3. The summed E-state index contributed by atoms with van der Waals surface area (Å²) in [7, 11) is -3.37. The predicted octanol–water partition coefficient (Wildman–Crippen LogP) is 3.34. The Bertz CT molecular complexity index is 1020. The number of pyridine rings is 1. The molecule has 2 aromatic heterocycles. The number of rotatable bonds is 7. The van der Waals surface area contributed by atoms with Gasteiger partial charge in [0.25, 0.3) is 0 Å². The number of hydrogen-bond donors (Lipinski definition) is 1. The first-order valence-corrected chi connectivity index (χ1v) is 10.5. The Kier molecular flexibility index (Phi) is 5.44. The number of benzene rings is 1. The van der Waals surface area contributed by atoms with Crippen molar-refractivity contribution in [2.45, 2.75) is 39.5 Å². The van der Waals surface area contributed by atoms with Gasteiger partial charge in [-0.1, -0.05) is 23.8 Å². The van der Waals surface area contributed by atoms with Crippen LogP contribution in [0.15, 0.2) is 42.7 Å². The molecule has 0 aliphatic heterocycles. The molecule has 1 aromatic carbocycles. The van der Waals surface area contributed by atoms with Crippen LogP contribution < -0.4 is 4.72 Å². The van der Waals surface area contributed by atoms with Crippen molar-refractivity contribution < 1.29 is 8.42 Å². The topological polar surface area (TPSA) is 64.0 Å². The van der Waals surface area contributed by atoms with Crippen molar-refractivity contribution in [3.8, 4) is 0 Å². The summed E-state index contributed by atoms with van der Waals surface area (Å²) in [5.74, 6) is 0.0127. The van der Waals surface area contributed by atoms with Crippen molar-refractivity contribution in [1.82, 2.24) is 14.3 Å². The largest absolute Gasteiger partial charge is 0.333 e. The van der Waals surface area contributed by atoms with Crippen LogP contribution in [0.25, 0.3) is 11.0 Å². The molecular weight excluding hydrogens is 346 g/mol. The minimum Gasteiger partial charge on any atom is -0.333 e. The molecule has 0 unspecified atom stereocenters. The zero-order chi connectivity index (χ0) is 18.7. The molecule has 0 radical (unpaired) electrons. The van der Waals surface area contributed by atoms with E-state index in [0.717, 1.165) is 39.8 Å². The van der Waals surface area contributed by atoms with Gasteiger partial charge in [-0.3, -0.25) is 0 Å². The van der Waals surface area contributed by atoms with Crippen LogP contribution >= 0.6 is 0 Å². The zero-order valence-corrected chi connectivity index (χ0v) is 16.3. The van der Waals surface area contributed by atoms with Crippen LogP contribution in [0.1, 0.15) is 29.2 Å². The lowest BCUT2D eigenvalue weighted by molar-refractivity contribution is 0.580. The van der Waals surface area contributed by atoms with Crippen molar-refractivity contribution in [3.63, 3.8) is 0 Å². The summed E-state index contributed by atoms with van der Waals surface area (Å²) in [6.45, 7) is 7.21. The first-order chi connectivity index (χ1) is 12.4. The maximum Gasteiger partial charge on any atom is 0.215 e. The smallest absolute Gasteiger partial charge is 0.215 e. The van der Waals surface area contributed by atoms with Gasteiger partial charge >= 0.3 is 0 Å².